The summed E-state index contributed by atoms with van der Waals surface area (Å²) in [6.45, 7) is 0.806. The lowest BCUT2D eigenvalue weighted by atomic mass is 9.95. The van der Waals surface area contributed by atoms with Crippen LogP contribution in [-0.4, -0.2) is 23.5 Å². The van der Waals surface area contributed by atoms with Gasteiger partial charge in [-0.1, -0.05) is 54.6 Å². The SMILES string of the molecule is O=C(NC1CC1)[C@H]([NH2+]C[C@@H](c1cccs1)c1c[nH]c2ccccc12)c1ccccc1. The van der Waals surface area contributed by atoms with Crippen molar-refractivity contribution in [3.8, 4) is 0 Å². The molecule has 4 nitrogen and oxygen atoms in total. The highest BCUT2D eigenvalue weighted by molar-refractivity contribution is 7.10. The van der Waals surface area contributed by atoms with Gasteiger partial charge in [0.1, 0.15) is 0 Å². The Kier molecular flexibility index (Phi) is 5.39. The Hall–Kier alpha value is -2.89. The molecule has 0 saturated heterocycles. The number of benzene rings is 2. The molecule has 1 saturated carbocycles. The van der Waals surface area contributed by atoms with E-state index in [1.807, 2.05) is 18.2 Å². The number of thiophene rings is 1. The number of amides is 1. The van der Waals surface area contributed by atoms with E-state index in [2.05, 4.69) is 75.7 Å². The van der Waals surface area contributed by atoms with E-state index in [0.29, 0.717) is 6.04 Å². The molecule has 1 amide bonds. The first-order chi connectivity index (χ1) is 14.8. The minimum atomic E-state index is -0.237. The van der Waals surface area contributed by atoms with E-state index in [4.69, 9.17) is 0 Å². The second-order valence-corrected chi connectivity index (χ2v) is 8.98. The molecule has 4 aromatic rings. The first kappa shape index (κ1) is 19.1. The van der Waals surface area contributed by atoms with Crippen molar-refractivity contribution in [2.45, 2.75) is 30.8 Å². The van der Waals surface area contributed by atoms with Gasteiger partial charge in [-0.25, -0.2) is 0 Å². The first-order valence-electron chi connectivity index (χ1n) is 10.6. The van der Waals surface area contributed by atoms with E-state index >= 15 is 0 Å². The van der Waals surface area contributed by atoms with Gasteiger partial charge in [0.15, 0.2) is 6.04 Å². The summed E-state index contributed by atoms with van der Waals surface area (Å²) in [5.41, 5.74) is 3.50. The van der Waals surface area contributed by atoms with Gasteiger partial charge in [0, 0.05) is 33.6 Å². The second kappa shape index (κ2) is 8.46. The third kappa shape index (κ3) is 4.04. The van der Waals surface area contributed by atoms with Gasteiger partial charge in [-0.05, 0) is 35.9 Å². The highest BCUT2D eigenvalue weighted by atomic mass is 32.1. The van der Waals surface area contributed by atoms with E-state index in [1.54, 1.807) is 11.3 Å². The molecule has 1 fully saturated rings. The number of nitrogens with one attached hydrogen (secondary N) is 2. The number of rotatable bonds is 8. The molecule has 2 atom stereocenters. The molecule has 2 heterocycles. The first-order valence-corrected chi connectivity index (χ1v) is 11.5. The normalized spacial score (nSPS) is 15.7. The Labute approximate surface area is 180 Å². The van der Waals surface area contributed by atoms with Crippen molar-refractivity contribution in [3.05, 3.63) is 94.3 Å². The summed E-state index contributed by atoms with van der Waals surface area (Å²) < 4.78 is 0. The van der Waals surface area contributed by atoms with Gasteiger partial charge >= 0.3 is 0 Å². The van der Waals surface area contributed by atoms with Crippen LogP contribution in [0.25, 0.3) is 10.9 Å². The summed E-state index contributed by atoms with van der Waals surface area (Å²) in [5, 5.41) is 8.79. The minimum Gasteiger partial charge on any atom is -0.361 e. The van der Waals surface area contributed by atoms with Crippen molar-refractivity contribution in [3.63, 3.8) is 0 Å². The smallest absolute Gasteiger partial charge is 0.283 e. The van der Waals surface area contributed by atoms with Crippen LogP contribution in [0.4, 0.5) is 0 Å². The second-order valence-electron chi connectivity index (χ2n) is 8.00. The number of H-pyrrole nitrogens is 1. The molecule has 2 aromatic heterocycles. The van der Waals surface area contributed by atoms with E-state index in [9.17, 15) is 4.79 Å². The summed E-state index contributed by atoms with van der Waals surface area (Å²) >= 11 is 1.78. The molecule has 0 unspecified atom stereocenters. The molecular weight excluding hydrogens is 390 g/mol. The number of quaternary nitrogens is 1. The topological polar surface area (TPSA) is 61.5 Å². The number of fused-ring (bicyclic) bond motifs is 1. The van der Waals surface area contributed by atoms with Crippen molar-refractivity contribution in [2.75, 3.05) is 6.54 Å². The predicted octanol–water partition coefficient (Wildman–Crippen LogP) is 3.94. The molecule has 0 aliphatic heterocycles. The molecular formula is C25H26N3OS+. The quantitative estimate of drug-likeness (QED) is 0.400. The molecule has 152 valence electrons. The molecule has 5 heteroatoms. The van der Waals surface area contributed by atoms with Crippen LogP contribution in [0, 0.1) is 0 Å². The van der Waals surface area contributed by atoms with Crippen LogP contribution in [-0.2, 0) is 4.79 Å². The maximum Gasteiger partial charge on any atom is 0.283 e. The van der Waals surface area contributed by atoms with Gasteiger partial charge in [0.2, 0.25) is 0 Å². The zero-order valence-electron chi connectivity index (χ0n) is 16.8. The molecule has 4 N–H and O–H groups in total. The Morgan fingerprint density at radius 2 is 1.87 bits per heavy atom. The Balaban J connectivity index is 1.44. The molecule has 1 aliphatic rings. The number of aromatic nitrogens is 1. The highest BCUT2D eigenvalue weighted by Gasteiger charge is 2.32. The molecule has 1 aliphatic carbocycles. The lowest BCUT2D eigenvalue weighted by Crippen LogP contribution is -2.88. The van der Waals surface area contributed by atoms with Crippen LogP contribution in [0.2, 0.25) is 0 Å². The van der Waals surface area contributed by atoms with Gasteiger partial charge < -0.3 is 15.6 Å². The largest absolute Gasteiger partial charge is 0.361 e. The fourth-order valence-electron chi connectivity index (χ4n) is 4.11. The Morgan fingerprint density at radius 3 is 2.63 bits per heavy atom. The number of hydrogen-bond acceptors (Lipinski definition) is 2. The van der Waals surface area contributed by atoms with Crippen LogP contribution in [0.15, 0.2) is 78.3 Å². The summed E-state index contributed by atoms with van der Waals surface area (Å²) in [6, 6.07) is 23.0. The average molecular weight is 417 g/mol. The standard InChI is InChI=1S/C25H25N3OS/c29-25(28-18-12-13-18)24(17-7-2-1-3-8-17)27-16-21(23-11-6-14-30-23)20-15-26-22-10-5-4-9-19(20)22/h1-11,14-15,18,21,24,26-27H,12-13,16H2,(H,28,29)/p+1/t21-,24-/m1/s1. The van der Waals surface area contributed by atoms with Gasteiger partial charge in [0.05, 0.1) is 12.5 Å². The Morgan fingerprint density at radius 1 is 1.07 bits per heavy atom. The zero-order chi connectivity index (χ0) is 20.3. The fourth-order valence-corrected chi connectivity index (χ4v) is 4.97. The van der Waals surface area contributed by atoms with Crippen molar-refractivity contribution < 1.29 is 10.1 Å². The fraction of sp³-hybridized carbons (Fsp3) is 0.240. The van der Waals surface area contributed by atoms with Gasteiger partial charge in [0.25, 0.3) is 5.91 Å². The third-order valence-electron chi connectivity index (χ3n) is 5.86. The third-order valence-corrected chi connectivity index (χ3v) is 6.84. The lowest BCUT2D eigenvalue weighted by molar-refractivity contribution is -0.684. The molecule has 0 radical (unpaired) electrons. The van der Waals surface area contributed by atoms with Crippen LogP contribution in [0.3, 0.4) is 0 Å². The van der Waals surface area contributed by atoms with Crippen molar-refractivity contribution in [2.24, 2.45) is 0 Å². The molecule has 5 rings (SSSR count). The summed E-state index contributed by atoms with van der Waals surface area (Å²) in [7, 11) is 0. The van der Waals surface area contributed by atoms with Crippen LogP contribution in [0.5, 0.6) is 0 Å². The molecule has 0 bridgehead atoms. The summed E-state index contributed by atoms with van der Waals surface area (Å²) in [6.07, 6.45) is 4.32. The number of carbonyl (C=O) groups is 1. The number of para-hydroxylation sites is 1. The van der Waals surface area contributed by atoms with E-state index in [0.717, 1.165) is 30.5 Å². The number of aromatic amines is 1. The Bertz CT molecular complexity index is 1120. The van der Waals surface area contributed by atoms with Gasteiger partial charge in [-0.3, -0.25) is 4.79 Å². The summed E-state index contributed by atoms with van der Waals surface area (Å²) in [5.74, 6) is 0.341. The van der Waals surface area contributed by atoms with Crippen LogP contribution >= 0.6 is 11.3 Å². The maximum atomic E-state index is 13.0. The number of nitrogens with two attached hydrogens (primary N) is 1. The monoisotopic (exact) mass is 416 g/mol. The van der Waals surface area contributed by atoms with Gasteiger partial charge in [-0.2, -0.15) is 0 Å². The van der Waals surface area contributed by atoms with Crippen molar-refractivity contribution in [1.82, 2.24) is 10.3 Å². The lowest BCUT2D eigenvalue weighted by Gasteiger charge is -2.20. The zero-order valence-corrected chi connectivity index (χ0v) is 17.6. The molecule has 0 spiro atoms. The van der Waals surface area contributed by atoms with E-state index in [-0.39, 0.29) is 17.9 Å². The molecule has 30 heavy (non-hydrogen) atoms. The number of hydrogen-bond donors (Lipinski definition) is 3. The van der Waals surface area contributed by atoms with E-state index in [1.165, 1.54) is 15.8 Å². The van der Waals surface area contributed by atoms with Crippen molar-refractivity contribution >= 4 is 28.1 Å². The minimum absolute atomic E-state index is 0.118. The number of carbonyl (C=O) groups excluding carboxylic acids is 1. The van der Waals surface area contributed by atoms with Crippen LogP contribution < -0.4 is 10.6 Å². The summed E-state index contributed by atoms with van der Waals surface area (Å²) in [4.78, 5) is 17.8. The van der Waals surface area contributed by atoms with Gasteiger partial charge in [-0.15, -0.1) is 11.3 Å². The average Bonchev–Trinajstić information content (AvgIpc) is 3.26. The van der Waals surface area contributed by atoms with Crippen molar-refractivity contribution in [1.29, 1.82) is 0 Å². The maximum absolute atomic E-state index is 13.0. The van der Waals surface area contributed by atoms with E-state index < -0.39 is 0 Å². The van der Waals surface area contributed by atoms with Crippen LogP contribution in [0.1, 0.15) is 40.8 Å². The predicted molar refractivity (Wildman–Crippen MR) is 122 cm³/mol. The molecule has 2 aromatic carbocycles. The highest BCUT2D eigenvalue weighted by Crippen LogP contribution is 2.32.